The molecule has 0 spiro atoms. The van der Waals surface area contributed by atoms with E-state index in [2.05, 4.69) is 21.6 Å². The van der Waals surface area contributed by atoms with Crippen molar-refractivity contribution in [3.05, 3.63) is 18.6 Å². The largest absolute Gasteiger partial charge is 0.495 e. The summed E-state index contributed by atoms with van der Waals surface area (Å²) in [6, 6.07) is 0. The summed E-state index contributed by atoms with van der Waals surface area (Å²) in [5.74, 6) is 0.583. The van der Waals surface area contributed by atoms with Gasteiger partial charge >= 0.3 is 0 Å². The average Bonchev–Trinajstić information content (AvgIpc) is 2.14. The maximum absolute atomic E-state index is 4.67. The van der Waals surface area contributed by atoms with E-state index < -0.39 is 0 Å². The normalized spacial score (nSPS) is 18.1. The van der Waals surface area contributed by atoms with Gasteiger partial charge in [-0.2, -0.15) is 0 Å². The number of ether oxygens (including phenoxy) is 1. The fraction of sp³-hybridized carbons (Fsp3) is 0.250. The van der Waals surface area contributed by atoms with Crippen LogP contribution in [-0.2, 0) is 9.57 Å². The van der Waals surface area contributed by atoms with Gasteiger partial charge in [0.25, 0.3) is 0 Å². The Bertz CT molecular complexity index is 89.7. The Hall–Kier alpha value is -0.700. The highest BCUT2D eigenvalue weighted by Crippen LogP contribution is 2.02. The molecule has 0 aliphatic carbocycles. The van der Waals surface area contributed by atoms with Crippen LogP contribution in [0.15, 0.2) is 12.0 Å². The number of hydroxylamine groups is 1. The summed E-state index contributed by atoms with van der Waals surface area (Å²) in [6.45, 7) is 2.57. The van der Waals surface area contributed by atoms with E-state index in [9.17, 15) is 0 Å². The summed E-state index contributed by atoms with van der Waals surface area (Å²) in [5, 5.41) is 0. The molecular formula is C4H5NO2. The van der Waals surface area contributed by atoms with Crippen molar-refractivity contribution in [2.75, 3.05) is 7.11 Å². The van der Waals surface area contributed by atoms with Gasteiger partial charge in [-0.05, 0) is 0 Å². The summed E-state index contributed by atoms with van der Waals surface area (Å²) < 4.78 is 4.67. The zero-order valence-electron chi connectivity index (χ0n) is 3.89. The number of hydrogen-bond donors (Lipinski definition) is 1. The van der Waals surface area contributed by atoms with Gasteiger partial charge in [0.15, 0.2) is 18.6 Å². The number of methoxy groups -OCH3 is 1. The van der Waals surface area contributed by atoms with Gasteiger partial charge in [0, 0.05) is 0 Å². The topological polar surface area (TPSA) is 30.5 Å². The van der Waals surface area contributed by atoms with Crippen molar-refractivity contribution in [1.82, 2.24) is 5.48 Å². The molecule has 1 aliphatic heterocycles. The first-order valence-corrected chi connectivity index (χ1v) is 1.84. The lowest BCUT2D eigenvalue weighted by Gasteiger charge is -1.89. The minimum atomic E-state index is 0.583. The minimum Gasteiger partial charge on any atom is -0.495 e. The van der Waals surface area contributed by atoms with Crippen LogP contribution in [0.5, 0.6) is 0 Å². The Morgan fingerprint density at radius 1 is 2.00 bits per heavy atom. The van der Waals surface area contributed by atoms with Gasteiger partial charge in [-0.3, -0.25) is 0 Å². The highest BCUT2D eigenvalue weighted by atomic mass is 16.7. The minimum absolute atomic E-state index is 0.583. The van der Waals surface area contributed by atoms with Crippen LogP contribution in [0.4, 0.5) is 0 Å². The molecule has 1 rings (SSSR count). The Morgan fingerprint density at radius 2 is 2.86 bits per heavy atom. The van der Waals surface area contributed by atoms with Gasteiger partial charge in [0.1, 0.15) is 0 Å². The third kappa shape index (κ3) is 0.838. The lowest BCUT2D eigenvalue weighted by atomic mass is 10.6. The van der Waals surface area contributed by atoms with E-state index in [1.807, 2.05) is 0 Å². The van der Waals surface area contributed by atoms with Crippen LogP contribution in [0, 0.1) is 6.54 Å². The average molecular weight is 99.1 g/mol. The van der Waals surface area contributed by atoms with Crippen LogP contribution >= 0.6 is 0 Å². The van der Waals surface area contributed by atoms with E-state index in [0.717, 1.165) is 0 Å². The van der Waals surface area contributed by atoms with E-state index in [-0.39, 0.29) is 0 Å². The highest BCUT2D eigenvalue weighted by molar-refractivity contribution is 5.02. The molecule has 0 bridgehead atoms. The van der Waals surface area contributed by atoms with Crippen LogP contribution in [0.1, 0.15) is 0 Å². The first kappa shape index (κ1) is 4.46. The Morgan fingerprint density at radius 3 is 3.14 bits per heavy atom. The molecular weight excluding hydrogens is 94.0 g/mol. The molecule has 0 atom stereocenters. The third-order valence-corrected chi connectivity index (χ3v) is 0.619. The second kappa shape index (κ2) is 1.84. The molecule has 0 unspecified atom stereocenters. The Balaban J connectivity index is 2.36. The van der Waals surface area contributed by atoms with Crippen LogP contribution in [0.25, 0.3) is 0 Å². The Labute approximate surface area is 41.9 Å². The number of hydrogen-bond acceptors (Lipinski definition) is 3. The van der Waals surface area contributed by atoms with Crippen LogP contribution in [0.3, 0.4) is 0 Å². The van der Waals surface area contributed by atoms with Gasteiger partial charge in [0.2, 0.25) is 0 Å². The second-order valence-corrected chi connectivity index (χ2v) is 1.03. The standard InChI is InChI=1S/C4H5NO2/c1-6-4-2-5-7-3-4/h3,5H,1H3. The molecule has 0 aromatic carbocycles. The van der Waals surface area contributed by atoms with Crippen molar-refractivity contribution in [2.45, 2.75) is 0 Å². The third-order valence-electron chi connectivity index (χ3n) is 0.619. The molecule has 2 radical (unpaired) electrons. The van der Waals surface area contributed by atoms with Gasteiger partial charge in [-0.15, -0.1) is 5.48 Å². The number of nitrogens with one attached hydrogen (secondary N) is 1. The zero-order chi connectivity index (χ0) is 5.11. The van der Waals surface area contributed by atoms with Crippen molar-refractivity contribution in [3.8, 4) is 0 Å². The molecule has 0 amide bonds. The van der Waals surface area contributed by atoms with Gasteiger partial charge in [-0.1, -0.05) is 0 Å². The summed E-state index contributed by atoms with van der Waals surface area (Å²) in [4.78, 5) is 4.50. The SMILES string of the molecule is COC1=CON[C]1. The lowest BCUT2D eigenvalue weighted by Crippen LogP contribution is -1.99. The lowest BCUT2D eigenvalue weighted by molar-refractivity contribution is 0.184. The first-order valence-electron chi connectivity index (χ1n) is 1.84. The van der Waals surface area contributed by atoms with Crippen molar-refractivity contribution in [3.63, 3.8) is 0 Å². The van der Waals surface area contributed by atoms with Gasteiger partial charge in [-0.25, -0.2) is 0 Å². The molecule has 0 saturated carbocycles. The van der Waals surface area contributed by atoms with Gasteiger partial charge in [0.05, 0.1) is 7.11 Å². The van der Waals surface area contributed by atoms with Crippen molar-refractivity contribution < 1.29 is 9.57 Å². The molecule has 1 aliphatic rings. The molecule has 0 fully saturated rings. The summed E-state index contributed by atoms with van der Waals surface area (Å²) in [6.07, 6.45) is 1.43. The molecule has 0 aromatic heterocycles. The van der Waals surface area contributed by atoms with Crippen molar-refractivity contribution >= 4 is 0 Å². The van der Waals surface area contributed by atoms with Crippen LogP contribution < -0.4 is 5.48 Å². The van der Waals surface area contributed by atoms with Crippen LogP contribution in [0.2, 0.25) is 0 Å². The fourth-order valence-electron chi connectivity index (χ4n) is 0.291. The summed E-state index contributed by atoms with van der Waals surface area (Å²) in [5.41, 5.74) is 2.36. The molecule has 3 nitrogen and oxygen atoms in total. The van der Waals surface area contributed by atoms with E-state index in [1.165, 1.54) is 6.26 Å². The van der Waals surface area contributed by atoms with E-state index in [4.69, 9.17) is 0 Å². The molecule has 0 saturated heterocycles. The van der Waals surface area contributed by atoms with E-state index in [1.54, 1.807) is 7.11 Å². The summed E-state index contributed by atoms with van der Waals surface area (Å²) >= 11 is 0. The monoisotopic (exact) mass is 99.0 g/mol. The van der Waals surface area contributed by atoms with Crippen molar-refractivity contribution in [2.24, 2.45) is 0 Å². The van der Waals surface area contributed by atoms with Crippen LogP contribution in [-0.4, -0.2) is 7.11 Å². The first-order chi connectivity index (χ1) is 3.43. The fourth-order valence-corrected chi connectivity index (χ4v) is 0.291. The smallest absolute Gasteiger partial charge is 0.176 e. The predicted molar refractivity (Wildman–Crippen MR) is 22.6 cm³/mol. The molecule has 1 heterocycles. The molecule has 0 aromatic rings. The molecule has 1 N–H and O–H groups in total. The van der Waals surface area contributed by atoms with Gasteiger partial charge < -0.3 is 9.57 Å². The molecule has 7 heavy (non-hydrogen) atoms. The second-order valence-electron chi connectivity index (χ2n) is 1.03. The maximum Gasteiger partial charge on any atom is 0.176 e. The maximum atomic E-state index is 4.67. The zero-order valence-corrected chi connectivity index (χ0v) is 3.89. The predicted octanol–water partition coefficient (Wildman–Crippen LogP) is 0.0478. The summed E-state index contributed by atoms with van der Waals surface area (Å²) in [7, 11) is 1.55. The quantitative estimate of drug-likeness (QED) is 0.503. The molecule has 3 heteroatoms. The molecule has 38 valence electrons. The van der Waals surface area contributed by atoms with Crippen molar-refractivity contribution in [1.29, 1.82) is 0 Å². The number of rotatable bonds is 1. The van der Waals surface area contributed by atoms with E-state index in [0.29, 0.717) is 5.76 Å². The highest BCUT2D eigenvalue weighted by Gasteiger charge is 2.03. The van der Waals surface area contributed by atoms with E-state index >= 15 is 0 Å². The Kier molecular flexibility index (Phi) is 1.17.